The van der Waals surface area contributed by atoms with E-state index in [1.54, 1.807) is 6.92 Å². The summed E-state index contributed by atoms with van der Waals surface area (Å²) in [6.07, 6.45) is 0.578. The van der Waals surface area contributed by atoms with Crippen molar-refractivity contribution < 1.29 is 9.53 Å². The summed E-state index contributed by atoms with van der Waals surface area (Å²) in [5.74, 6) is 0.249. The standard InChI is InChI=1S/C16H19N3O2/c1-9-5-10(2)7-12(6-9)8-13-18-11(3)14(15(17)19-13)16(20)21-4/h5-7H,8H2,1-4H3,(H2,17,18,19). The third-order valence-electron chi connectivity index (χ3n) is 3.20. The van der Waals surface area contributed by atoms with Crippen LogP contribution in [0.25, 0.3) is 0 Å². The smallest absolute Gasteiger partial charge is 0.343 e. The Balaban J connectivity index is 2.36. The molecule has 110 valence electrons. The van der Waals surface area contributed by atoms with Crippen LogP contribution in [0.2, 0.25) is 0 Å². The molecule has 1 aromatic heterocycles. The zero-order chi connectivity index (χ0) is 15.6. The minimum atomic E-state index is -0.511. The van der Waals surface area contributed by atoms with Crippen LogP contribution < -0.4 is 5.73 Å². The van der Waals surface area contributed by atoms with E-state index >= 15 is 0 Å². The molecule has 1 aromatic carbocycles. The van der Waals surface area contributed by atoms with Crippen LogP contribution in [0.1, 0.15) is 38.6 Å². The van der Waals surface area contributed by atoms with Crippen LogP contribution in [0.4, 0.5) is 5.82 Å². The van der Waals surface area contributed by atoms with E-state index in [-0.39, 0.29) is 11.4 Å². The van der Waals surface area contributed by atoms with E-state index in [1.807, 2.05) is 0 Å². The lowest BCUT2D eigenvalue weighted by molar-refractivity contribution is 0.0600. The SMILES string of the molecule is COC(=O)c1c(C)nc(Cc2cc(C)cc(C)c2)nc1N. The summed E-state index contributed by atoms with van der Waals surface area (Å²) in [7, 11) is 1.31. The first-order valence-corrected chi connectivity index (χ1v) is 6.69. The predicted octanol–water partition coefficient (Wildman–Crippen LogP) is 2.36. The van der Waals surface area contributed by atoms with Gasteiger partial charge in [-0.15, -0.1) is 0 Å². The summed E-state index contributed by atoms with van der Waals surface area (Å²) in [5.41, 5.74) is 10.1. The maximum absolute atomic E-state index is 11.6. The normalized spacial score (nSPS) is 10.5. The van der Waals surface area contributed by atoms with E-state index in [0.717, 1.165) is 5.56 Å². The van der Waals surface area contributed by atoms with E-state index in [9.17, 15) is 4.79 Å². The van der Waals surface area contributed by atoms with Gasteiger partial charge in [0.05, 0.1) is 12.8 Å². The first kappa shape index (κ1) is 15.0. The number of carbonyl (C=O) groups is 1. The molecule has 1 heterocycles. The summed E-state index contributed by atoms with van der Waals surface area (Å²) in [6.45, 7) is 5.84. The number of ether oxygens (including phenoxy) is 1. The molecule has 0 bridgehead atoms. The number of nitrogens with zero attached hydrogens (tertiary/aromatic N) is 2. The molecule has 2 aromatic rings. The lowest BCUT2D eigenvalue weighted by Crippen LogP contribution is -2.13. The number of methoxy groups -OCH3 is 1. The summed E-state index contributed by atoms with van der Waals surface area (Å²) < 4.78 is 4.69. The molecular formula is C16H19N3O2. The average molecular weight is 285 g/mol. The zero-order valence-corrected chi connectivity index (χ0v) is 12.7. The lowest BCUT2D eigenvalue weighted by atomic mass is 10.0. The largest absolute Gasteiger partial charge is 0.465 e. The Hall–Kier alpha value is -2.43. The highest BCUT2D eigenvalue weighted by atomic mass is 16.5. The van der Waals surface area contributed by atoms with Gasteiger partial charge < -0.3 is 10.5 Å². The number of rotatable bonds is 3. The summed E-state index contributed by atoms with van der Waals surface area (Å²) in [6, 6.07) is 6.30. The number of carbonyl (C=O) groups excluding carboxylic acids is 1. The van der Waals surface area contributed by atoms with Crippen molar-refractivity contribution in [1.29, 1.82) is 0 Å². The van der Waals surface area contributed by atoms with Gasteiger partial charge in [-0.2, -0.15) is 0 Å². The molecular weight excluding hydrogens is 266 g/mol. The molecule has 5 nitrogen and oxygen atoms in total. The summed E-state index contributed by atoms with van der Waals surface area (Å²) in [5, 5.41) is 0. The lowest BCUT2D eigenvalue weighted by Gasteiger charge is -2.09. The fourth-order valence-electron chi connectivity index (χ4n) is 2.44. The van der Waals surface area contributed by atoms with Gasteiger partial charge in [0.15, 0.2) is 0 Å². The Kier molecular flexibility index (Phi) is 4.21. The van der Waals surface area contributed by atoms with Gasteiger partial charge in [0.2, 0.25) is 0 Å². The molecule has 0 unspecified atom stereocenters. The second-order valence-corrected chi connectivity index (χ2v) is 5.15. The van der Waals surface area contributed by atoms with Crippen molar-refractivity contribution in [2.45, 2.75) is 27.2 Å². The topological polar surface area (TPSA) is 78.1 Å². The van der Waals surface area contributed by atoms with Crippen molar-refractivity contribution in [2.24, 2.45) is 0 Å². The zero-order valence-electron chi connectivity index (χ0n) is 12.7. The Morgan fingerprint density at radius 3 is 2.29 bits per heavy atom. The highest BCUT2D eigenvalue weighted by Crippen LogP contribution is 2.17. The molecule has 2 rings (SSSR count). The van der Waals surface area contributed by atoms with Crippen molar-refractivity contribution in [2.75, 3.05) is 12.8 Å². The van der Waals surface area contributed by atoms with E-state index < -0.39 is 5.97 Å². The van der Waals surface area contributed by atoms with Crippen LogP contribution in [-0.4, -0.2) is 23.0 Å². The second-order valence-electron chi connectivity index (χ2n) is 5.15. The summed E-state index contributed by atoms with van der Waals surface area (Å²) >= 11 is 0. The van der Waals surface area contributed by atoms with Crippen LogP contribution in [0.3, 0.4) is 0 Å². The molecule has 0 saturated heterocycles. The highest BCUT2D eigenvalue weighted by molar-refractivity contribution is 5.95. The fourth-order valence-corrected chi connectivity index (χ4v) is 2.44. The highest BCUT2D eigenvalue weighted by Gasteiger charge is 2.17. The van der Waals surface area contributed by atoms with Crippen molar-refractivity contribution in [3.63, 3.8) is 0 Å². The van der Waals surface area contributed by atoms with Crippen molar-refractivity contribution in [3.05, 3.63) is 52.0 Å². The van der Waals surface area contributed by atoms with Gasteiger partial charge in [-0.3, -0.25) is 0 Å². The first-order chi connectivity index (χ1) is 9.90. The Labute approximate surface area is 124 Å². The number of anilines is 1. The van der Waals surface area contributed by atoms with Gasteiger partial charge >= 0.3 is 5.97 Å². The molecule has 0 fully saturated rings. The molecule has 0 aliphatic carbocycles. The minimum absolute atomic E-state index is 0.161. The first-order valence-electron chi connectivity index (χ1n) is 6.69. The van der Waals surface area contributed by atoms with Crippen LogP contribution in [0.15, 0.2) is 18.2 Å². The number of hydrogen-bond acceptors (Lipinski definition) is 5. The molecule has 0 atom stereocenters. The van der Waals surface area contributed by atoms with Crippen molar-refractivity contribution in [1.82, 2.24) is 9.97 Å². The number of benzene rings is 1. The number of nitrogen functional groups attached to an aromatic ring is 1. The summed E-state index contributed by atoms with van der Waals surface area (Å²) in [4.78, 5) is 20.2. The van der Waals surface area contributed by atoms with E-state index in [4.69, 9.17) is 5.73 Å². The Morgan fingerprint density at radius 2 is 1.76 bits per heavy atom. The number of nitrogens with two attached hydrogens (primary N) is 1. The van der Waals surface area contributed by atoms with E-state index in [0.29, 0.717) is 17.9 Å². The van der Waals surface area contributed by atoms with Gasteiger partial charge in [-0.25, -0.2) is 14.8 Å². The molecule has 5 heteroatoms. The Bertz CT molecular complexity index is 653. The predicted molar refractivity (Wildman–Crippen MR) is 81.2 cm³/mol. The quantitative estimate of drug-likeness (QED) is 0.876. The number of esters is 1. The van der Waals surface area contributed by atoms with Crippen LogP contribution in [-0.2, 0) is 11.2 Å². The Morgan fingerprint density at radius 1 is 1.14 bits per heavy atom. The molecule has 2 N–H and O–H groups in total. The second kappa shape index (κ2) is 5.91. The number of hydrogen-bond donors (Lipinski definition) is 1. The molecule has 0 saturated carbocycles. The molecule has 21 heavy (non-hydrogen) atoms. The molecule has 0 spiro atoms. The van der Waals surface area contributed by atoms with E-state index in [2.05, 4.69) is 46.8 Å². The van der Waals surface area contributed by atoms with Crippen LogP contribution in [0.5, 0.6) is 0 Å². The number of aromatic nitrogens is 2. The molecule has 0 amide bonds. The van der Waals surface area contributed by atoms with E-state index in [1.165, 1.54) is 18.2 Å². The molecule has 0 radical (unpaired) electrons. The van der Waals surface area contributed by atoms with Gasteiger partial charge in [-0.1, -0.05) is 29.3 Å². The fraction of sp³-hybridized carbons (Fsp3) is 0.312. The maximum Gasteiger partial charge on any atom is 0.343 e. The maximum atomic E-state index is 11.6. The molecule has 0 aliphatic rings. The molecule has 0 aliphatic heterocycles. The van der Waals surface area contributed by atoms with Crippen molar-refractivity contribution >= 4 is 11.8 Å². The van der Waals surface area contributed by atoms with Gasteiger partial charge in [0.1, 0.15) is 17.2 Å². The number of aryl methyl sites for hydroxylation is 3. The monoisotopic (exact) mass is 285 g/mol. The third-order valence-corrected chi connectivity index (χ3v) is 3.20. The van der Waals surface area contributed by atoms with Gasteiger partial charge in [-0.05, 0) is 26.3 Å². The van der Waals surface area contributed by atoms with Gasteiger partial charge in [0.25, 0.3) is 0 Å². The average Bonchev–Trinajstić information content (AvgIpc) is 2.36. The van der Waals surface area contributed by atoms with Gasteiger partial charge in [0, 0.05) is 6.42 Å². The van der Waals surface area contributed by atoms with Crippen LogP contribution >= 0.6 is 0 Å². The van der Waals surface area contributed by atoms with Crippen molar-refractivity contribution in [3.8, 4) is 0 Å². The third kappa shape index (κ3) is 3.37. The van der Waals surface area contributed by atoms with Crippen LogP contribution in [0, 0.1) is 20.8 Å². The minimum Gasteiger partial charge on any atom is -0.465 e.